The van der Waals surface area contributed by atoms with Crippen LogP contribution in [0.5, 0.6) is 0 Å². The number of para-hydroxylation sites is 2. The second-order valence-electron chi connectivity index (χ2n) is 8.03. The Kier molecular flexibility index (Phi) is 5.40. The van der Waals surface area contributed by atoms with E-state index < -0.39 is 0 Å². The molecule has 0 saturated carbocycles. The lowest BCUT2D eigenvalue weighted by atomic mass is 10.1. The number of rotatable bonds is 5. The number of carbonyl (C=O) groups excluding carboxylic acids is 1. The van der Waals surface area contributed by atoms with Crippen molar-refractivity contribution >= 4 is 28.3 Å². The molecule has 1 aliphatic heterocycles. The summed E-state index contributed by atoms with van der Waals surface area (Å²) in [6, 6.07) is 26.6. The lowest BCUT2D eigenvalue weighted by Gasteiger charge is -2.22. The molecule has 0 radical (unpaired) electrons. The molecule has 5 nitrogen and oxygen atoms in total. The highest BCUT2D eigenvalue weighted by molar-refractivity contribution is 5.91. The van der Waals surface area contributed by atoms with Crippen LogP contribution in [-0.4, -0.2) is 22.0 Å². The van der Waals surface area contributed by atoms with Crippen molar-refractivity contribution in [3.63, 3.8) is 0 Å². The highest BCUT2D eigenvalue weighted by Crippen LogP contribution is 2.26. The SMILES string of the molecule is O=C(CCc1ccccc1)Nc1cccc(N2CCCn3c(nc4ccccc43)C2)c1. The van der Waals surface area contributed by atoms with E-state index in [4.69, 9.17) is 4.98 Å². The van der Waals surface area contributed by atoms with Gasteiger partial charge in [-0.25, -0.2) is 4.98 Å². The fraction of sp³-hybridized carbons (Fsp3) is 0.231. The minimum Gasteiger partial charge on any atom is -0.364 e. The van der Waals surface area contributed by atoms with Crippen molar-refractivity contribution in [3.8, 4) is 0 Å². The van der Waals surface area contributed by atoms with Gasteiger partial charge in [0, 0.05) is 30.9 Å². The van der Waals surface area contributed by atoms with Crippen LogP contribution in [0.25, 0.3) is 11.0 Å². The Morgan fingerprint density at radius 3 is 2.68 bits per heavy atom. The van der Waals surface area contributed by atoms with E-state index in [1.807, 2.05) is 36.4 Å². The van der Waals surface area contributed by atoms with Crippen LogP contribution in [0, 0.1) is 0 Å². The monoisotopic (exact) mass is 410 g/mol. The van der Waals surface area contributed by atoms with Gasteiger partial charge in [0.05, 0.1) is 17.6 Å². The molecule has 4 aromatic rings. The number of hydrogen-bond donors (Lipinski definition) is 1. The van der Waals surface area contributed by atoms with Crippen LogP contribution in [0.15, 0.2) is 78.9 Å². The Balaban J connectivity index is 1.28. The molecule has 31 heavy (non-hydrogen) atoms. The average molecular weight is 411 g/mol. The molecule has 5 heteroatoms. The zero-order valence-electron chi connectivity index (χ0n) is 17.5. The number of carbonyl (C=O) groups is 1. The fourth-order valence-corrected chi connectivity index (χ4v) is 4.29. The summed E-state index contributed by atoms with van der Waals surface area (Å²) in [5.74, 6) is 1.13. The number of aryl methyl sites for hydroxylation is 2. The molecule has 1 N–H and O–H groups in total. The number of fused-ring (bicyclic) bond motifs is 3. The van der Waals surface area contributed by atoms with E-state index in [0.717, 1.165) is 55.2 Å². The maximum Gasteiger partial charge on any atom is 0.224 e. The van der Waals surface area contributed by atoms with Crippen molar-refractivity contribution in [2.45, 2.75) is 32.4 Å². The fourth-order valence-electron chi connectivity index (χ4n) is 4.29. The summed E-state index contributed by atoms with van der Waals surface area (Å²) in [7, 11) is 0. The summed E-state index contributed by atoms with van der Waals surface area (Å²) in [5.41, 5.74) is 5.39. The lowest BCUT2D eigenvalue weighted by molar-refractivity contribution is -0.116. The van der Waals surface area contributed by atoms with Crippen molar-refractivity contribution in [2.75, 3.05) is 16.8 Å². The second kappa shape index (κ2) is 8.64. The molecule has 1 aliphatic rings. The third-order valence-corrected chi connectivity index (χ3v) is 5.85. The average Bonchev–Trinajstić information content (AvgIpc) is 3.01. The Hall–Kier alpha value is -3.60. The van der Waals surface area contributed by atoms with Crippen molar-refractivity contribution in [1.29, 1.82) is 0 Å². The zero-order valence-corrected chi connectivity index (χ0v) is 17.5. The molecule has 0 aliphatic carbocycles. The Morgan fingerprint density at radius 1 is 0.935 bits per heavy atom. The Morgan fingerprint density at radius 2 is 1.77 bits per heavy atom. The number of imidazole rings is 1. The smallest absolute Gasteiger partial charge is 0.224 e. The summed E-state index contributed by atoms with van der Waals surface area (Å²) in [6.07, 6.45) is 2.28. The summed E-state index contributed by atoms with van der Waals surface area (Å²) in [4.78, 5) is 19.7. The van der Waals surface area contributed by atoms with Crippen LogP contribution in [-0.2, 0) is 24.3 Å². The highest BCUT2D eigenvalue weighted by Gasteiger charge is 2.18. The van der Waals surface area contributed by atoms with E-state index in [0.29, 0.717) is 6.42 Å². The third-order valence-electron chi connectivity index (χ3n) is 5.85. The van der Waals surface area contributed by atoms with Gasteiger partial charge in [-0.3, -0.25) is 4.79 Å². The standard InChI is InChI=1S/C26H26N4O/c31-26(15-14-20-8-2-1-3-9-20)27-21-10-6-11-22(18-21)29-16-7-17-30-24-13-5-4-12-23(24)28-25(30)19-29/h1-6,8-13,18H,7,14-17,19H2,(H,27,31). The van der Waals surface area contributed by atoms with Crippen LogP contribution in [0.1, 0.15) is 24.2 Å². The number of nitrogens with one attached hydrogen (secondary N) is 1. The summed E-state index contributed by atoms with van der Waals surface area (Å²) in [6.45, 7) is 2.70. The molecule has 1 amide bonds. The summed E-state index contributed by atoms with van der Waals surface area (Å²) >= 11 is 0. The molecule has 0 fully saturated rings. The molecule has 5 rings (SSSR count). The van der Waals surface area contributed by atoms with Crippen molar-refractivity contribution in [3.05, 3.63) is 90.3 Å². The third kappa shape index (κ3) is 4.31. The highest BCUT2D eigenvalue weighted by atomic mass is 16.1. The first-order chi connectivity index (χ1) is 15.3. The zero-order chi connectivity index (χ0) is 21.0. The topological polar surface area (TPSA) is 50.2 Å². The number of aromatic nitrogens is 2. The maximum atomic E-state index is 12.5. The van der Waals surface area contributed by atoms with E-state index in [-0.39, 0.29) is 5.91 Å². The number of nitrogens with zero attached hydrogens (tertiary/aromatic N) is 3. The van der Waals surface area contributed by atoms with Gasteiger partial charge in [-0.2, -0.15) is 0 Å². The van der Waals surface area contributed by atoms with Gasteiger partial charge >= 0.3 is 0 Å². The Bertz CT molecular complexity index is 1200. The van der Waals surface area contributed by atoms with Crippen molar-refractivity contribution in [1.82, 2.24) is 9.55 Å². The maximum absolute atomic E-state index is 12.5. The van der Waals surface area contributed by atoms with Gasteiger partial charge in [0.25, 0.3) is 0 Å². The van der Waals surface area contributed by atoms with Gasteiger partial charge in [0.15, 0.2) is 0 Å². The van der Waals surface area contributed by atoms with Gasteiger partial charge in [0.2, 0.25) is 5.91 Å². The first kappa shape index (κ1) is 19.4. The van der Waals surface area contributed by atoms with Gasteiger partial charge in [-0.15, -0.1) is 0 Å². The minimum atomic E-state index is 0.0404. The predicted octanol–water partition coefficient (Wildman–Crippen LogP) is 5.02. The van der Waals surface area contributed by atoms with Gasteiger partial charge < -0.3 is 14.8 Å². The van der Waals surface area contributed by atoms with Gasteiger partial charge in [0.1, 0.15) is 5.82 Å². The molecule has 1 aromatic heterocycles. The number of amides is 1. The van der Waals surface area contributed by atoms with E-state index in [1.54, 1.807) is 0 Å². The van der Waals surface area contributed by atoms with Crippen LogP contribution in [0.2, 0.25) is 0 Å². The molecule has 0 atom stereocenters. The predicted molar refractivity (Wildman–Crippen MR) is 125 cm³/mol. The van der Waals surface area contributed by atoms with E-state index in [9.17, 15) is 4.79 Å². The molecule has 0 saturated heterocycles. The van der Waals surface area contributed by atoms with E-state index >= 15 is 0 Å². The summed E-state index contributed by atoms with van der Waals surface area (Å²) < 4.78 is 2.34. The molecule has 2 heterocycles. The number of benzene rings is 3. The molecule has 0 bridgehead atoms. The van der Waals surface area contributed by atoms with Crippen LogP contribution >= 0.6 is 0 Å². The largest absolute Gasteiger partial charge is 0.364 e. The number of hydrogen-bond acceptors (Lipinski definition) is 3. The number of anilines is 2. The quantitative estimate of drug-likeness (QED) is 0.503. The van der Waals surface area contributed by atoms with Crippen molar-refractivity contribution < 1.29 is 4.79 Å². The first-order valence-corrected chi connectivity index (χ1v) is 10.9. The lowest BCUT2D eigenvalue weighted by Crippen LogP contribution is -2.23. The van der Waals surface area contributed by atoms with Crippen molar-refractivity contribution in [2.24, 2.45) is 0 Å². The molecule has 0 spiro atoms. The van der Waals surface area contributed by atoms with E-state index in [1.165, 1.54) is 11.1 Å². The minimum absolute atomic E-state index is 0.0404. The van der Waals surface area contributed by atoms with Gasteiger partial charge in [-0.05, 0) is 48.7 Å². The van der Waals surface area contributed by atoms with Crippen LogP contribution < -0.4 is 10.2 Å². The van der Waals surface area contributed by atoms with Crippen LogP contribution in [0.4, 0.5) is 11.4 Å². The Labute approximate surface area is 182 Å². The van der Waals surface area contributed by atoms with Crippen LogP contribution in [0.3, 0.4) is 0 Å². The summed E-state index contributed by atoms with van der Waals surface area (Å²) in [5, 5.41) is 3.06. The normalized spacial score (nSPS) is 13.6. The molecular formula is C26H26N4O. The van der Waals surface area contributed by atoms with Gasteiger partial charge in [-0.1, -0.05) is 48.5 Å². The first-order valence-electron chi connectivity index (χ1n) is 10.9. The molecule has 156 valence electrons. The molecular weight excluding hydrogens is 384 g/mol. The second-order valence-corrected chi connectivity index (χ2v) is 8.03. The van der Waals surface area contributed by atoms with E-state index in [2.05, 4.69) is 57.2 Å². The molecule has 0 unspecified atom stereocenters. The molecule has 3 aromatic carbocycles.